The summed E-state index contributed by atoms with van der Waals surface area (Å²) in [5.41, 5.74) is 2.00. The smallest absolute Gasteiger partial charge is 0.227 e. The van der Waals surface area contributed by atoms with Crippen LogP contribution in [0.1, 0.15) is 44.1 Å². The molecule has 118 valence electrons. The molecule has 2 aliphatic rings. The minimum Gasteiger partial charge on any atom is -0.353 e. The zero-order valence-electron chi connectivity index (χ0n) is 13.2. The van der Waals surface area contributed by atoms with E-state index in [9.17, 15) is 9.59 Å². The van der Waals surface area contributed by atoms with Crippen molar-refractivity contribution >= 4 is 17.5 Å². The van der Waals surface area contributed by atoms with Crippen LogP contribution in [0, 0.1) is 12.8 Å². The maximum Gasteiger partial charge on any atom is 0.227 e. The molecule has 1 atom stereocenters. The molecule has 1 saturated carbocycles. The molecule has 2 fully saturated rings. The molecule has 4 nitrogen and oxygen atoms in total. The molecule has 1 aliphatic heterocycles. The van der Waals surface area contributed by atoms with Crippen molar-refractivity contribution in [2.24, 2.45) is 5.92 Å². The highest BCUT2D eigenvalue weighted by molar-refractivity contribution is 6.00. The molecule has 0 bridgehead atoms. The molecule has 1 N–H and O–H groups in total. The van der Waals surface area contributed by atoms with E-state index in [1.807, 2.05) is 31.2 Å². The standard InChI is InChI=1S/C18H24N2O2/c1-13-7-5-6-10-16(13)20-12-14(11-17(20)21)18(22)19-15-8-3-2-4-9-15/h5-7,10,14-15H,2-4,8-9,11-12H2,1H3,(H,19,22). The average molecular weight is 300 g/mol. The van der Waals surface area contributed by atoms with E-state index in [4.69, 9.17) is 0 Å². The summed E-state index contributed by atoms with van der Waals surface area (Å²) in [7, 11) is 0. The van der Waals surface area contributed by atoms with Crippen LogP contribution in [0.25, 0.3) is 0 Å². The third-order valence-electron chi connectivity index (χ3n) is 4.85. The first-order valence-corrected chi connectivity index (χ1v) is 8.31. The summed E-state index contributed by atoms with van der Waals surface area (Å²) in [6, 6.07) is 8.16. The molecular formula is C18H24N2O2. The Kier molecular flexibility index (Phi) is 4.46. The Balaban J connectivity index is 1.64. The SMILES string of the molecule is Cc1ccccc1N1CC(C(=O)NC2CCCCC2)CC1=O. The molecule has 3 rings (SSSR count). The zero-order chi connectivity index (χ0) is 15.5. The number of rotatable bonds is 3. The number of anilines is 1. The van der Waals surface area contributed by atoms with Crippen LogP contribution in [-0.2, 0) is 9.59 Å². The number of carbonyl (C=O) groups excluding carboxylic acids is 2. The quantitative estimate of drug-likeness (QED) is 0.933. The van der Waals surface area contributed by atoms with Crippen LogP contribution in [0.2, 0.25) is 0 Å². The number of amides is 2. The van der Waals surface area contributed by atoms with Crippen molar-refractivity contribution in [2.45, 2.75) is 51.5 Å². The summed E-state index contributed by atoms with van der Waals surface area (Å²) >= 11 is 0. The summed E-state index contributed by atoms with van der Waals surface area (Å²) in [5.74, 6) is -0.108. The van der Waals surface area contributed by atoms with Gasteiger partial charge >= 0.3 is 0 Å². The second kappa shape index (κ2) is 6.51. The Morgan fingerprint density at radius 1 is 1.18 bits per heavy atom. The van der Waals surface area contributed by atoms with Crippen molar-refractivity contribution in [3.05, 3.63) is 29.8 Å². The van der Waals surface area contributed by atoms with Gasteiger partial charge < -0.3 is 10.2 Å². The van der Waals surface area contributed by atoms with Crippen molar-refractivity contribution in [3.63, 3.8) is 0 Å². The van der Waals surface area contributed by atoms with Crippen molar-refractivity contribution in [2.75, 3.05) is 11.4 Å². The topological polar surface area (TPSA) is 49.4 Å². The Labute approximate surface area is 131 Å². The molecule has 0 aromatic heterocycles. The van der Waals surface area contributed by atoms with Gasteiger partial charge in [0.15, 0.2) is 0 Å². The lowest BCUT2D eigenvalue weighted by atomic mass is 9.95. The molecule has 1 saturated heterocycles. The van der Waals surface area contributed by atoms with Crippen molar-refractivity contribution in [3.8, 4) is 0 Å². The van der Waals surface area contributed by atoms with Crippen LogP contribution in [0.4, 0.5) is 5.69 Å². The molecule has 1 aromatic carbocycles. The van der Waals surface area contributed by atoms with Crippen molar-refractivity contribution in [1.29, 1.82) is 0 Å². The van der Waals surface area contributed by atoms with Gasteiger partial charge in [-0.05, 0) is 31.4 Å². The lowest BCUT2D eigenvalue weighted by Gasteiger charge is -2.24. The van der Waals surface area contributed by atoms with E-state index in [0.29, 0.717) is 19.0 Å². The Hall–Kier alpha value is -1.84. The third-order valence-corrected chi connectivity index (χ3v) is 4.85. The molecular weight excluding hydrogens is 276 g/mol. The average Bonchev–Trinajstić information content (AvgIpc) is 2.91. The van der Waals surface area contributed by atoms with Gasteiger partial charge in [0.1, 0.15) is 0 Å². The summed E-state index contributed by atoms with van der Waals surface area (Å²) in [4.78, 5) is 26.5. The van der Waals surface area contributed by atoms with E-state index in [0.717, 1.165) is 24.1 Å². The highest BCUT2D eigenvalue weighted by atomic mass is 16.2. The monoisotopic (exact) mass is 300 g/mol. The van der Waals surface area contributed by atoms with Gasteiger partial charge in [0.05, 0.1) is 5.92 Å². The zero-order valence-corrected chi connectivity index (χ0v) is 13.2. The third kappa shape index (κ3) is 3.16. The number of nitrogens with zero attached hydrogens (tertiary/aromatic N) is 1. The number of benzene rings is 1. The van der Waals surface area contributed by atoms with Crippen LogP contribution >= 0.6 is 0 Å². The first-order chi connectivity index (χ1) is 10.6. The molecule has 4 heteroatoms. The van der Waals surface area contributed by atoms with E-state index in [1.165, 1.54) is 19.3 Å². The van der Waals surface area contributed by atoms with Gasteiger partial charge in [0, 0.05) is 24.7 Å². The van der Waals surface area contributed by atoms with E-state index >= 15 is 0 Å². The van der Waals surface area contributed by atoms with Crippen LogP contribution < -0.4 is 10.2 Å². The fourth-order valence-corrected chi connectivity index (χ4v) is 3.55. The van der Waals surface area contributed by atoms with Gasteiger partial charge in [-0.1, -0.05) is 37.5 Å². The van der Waals surface area contributed by atoms with Gasteiger partial charge in [0.25, 0.3) is 0 Å². The van der Waals surface area contributed by atoms with Crippen molar-refractivity contribution in [1.82, 2.24) is 5.32 Å². The molecule has 1 aromatic rings. The summed E-state index contributed by atoms with van der Waals surface area (Å²) in [6.07, 6.45) is 6.15. The van der Waals surface area contributed by atoms with Crippen LogP contribution in [-0.4, -0.2) is 24.4 Å². The molecule has 0 spiro atoms. The summed E-state index contributed by atoms with van der Waals surface area (Å²) in [6.45, 7) is 2.50. The molecule has 1 heterocycles. The first kappa shape index (κ1) is 15.1. The highest BCUT2D eigenvalue weighted by Crippen LogP contribution is 2.28. The Morgan fingerprint density at radius 3 is 2.64 bits per heavy atom. The van der Waals surface area contributed by atoms with E-state index < -0.39 is 0 Å². The van der Waals surface area contributed by atoms with Gasteiger partial charge in [-0.25, -0.2) is 0 Å². The molecule has 22 heavy (non-hydrogen) atoms. The number of nitrogens with one attached hydrogen (secondary N) is 1. The second-order valence-corrected chi connectivity index (χ2v) is 6.54. The first-order valence-electron chi connectivity index (χ1n) is 8.31. The van der Waals surface area contributed by atoms with Crippen LogP contribution in [0.15, 0.2) is 24.3 Å². The fourth-order valence-electron chi connectivity index (χ4n) is 3.55. The van der Waals surface area contributed by atoms with Gasteiger partial charge in [-0.2, -0.15) is 0 Å². The lowest BCUT2D eigenvalue weighted by Crippen LogP contribution is -2.40. The number of aryl methyl sites for hydroxylation is 1. The number of para-hydroxylation sites is 1. The van der Waals surface area contributed by atoms with E-state index in [-0.39, 0.29) is 17.7 Å². The molecule has 1 unspecified atom stereocenters. The van der Waals surface area contributed by atoms with Gasteiger partial charge in [-0.3, -0.25) is 9.59 Å². The van der Waals surface area contributed by atoms with Gasteiger partial charge in [-0.15, -0.1) is 0 Å². The number of carbonyl (C=O) groups is 2. The van der Waals surface area contributed by atoms with E-state index in [2.05, 4.69) is 5.32 Å². The van der Waals surface area contributed by atoms with Crippen LogP contribution in [0.5, 0.6) is 0 Å². The maximum atomic E-state index is 12.4. The highest BCUT2D eigenvalue weighted by Gasteiger charge is 2.36. The summed E-state index contributed by atoms with van der Waals surface area (Å²) < 4.78 is 0. The number of hydrogen-bond donors (Lipinski definition) is 1. The van der Waals surface area contributed by atoms with Gasteiger partial charge in [0.2, 0.25) is 11.8 Å². The summed E-state index contributed by atoms with van der Waals surface area (Å²) in [5, 5.41) is 3.15. The Bertz CT molecular complexity index is 564. The normalized spacial score (nSPS) is 22.9. The lowest BCUT2D eigenvalue weighted by molar-refractivity contribution is -0.127. The fraction of sp³-hybridized carbons (Fsp3) is 0.556. The van der Waals surface area contributed by atoms with E-state index in [1.54, 1.807) is 4.90 Å². The molecule has 2 amide bonds. The minimum absolute atomic E-state index is 0.0522. The predicted octanol–water partition coefficient (Wildman–Crippen LogP) is 2.80. The molecule has 0 radical (unpaired) electrons. The largest absolute Gasteiger partial charge is 0.353 e. The maximum absolute atomic E-state index is 12.4. The minimum atomic E-state index is -0.214. The van der Waals surface area contributed by atoms with Crippen molar-refractivity contribution < 1.29 is 9.59 Å². The second-order valence-electron chi connectivity index (χ2n) is 6.54. The number of hydrogen-bond acceptors (Lipinski definition) is 2. The van der Waals surface area contributed by atoms with Crippen LogP contribution in [0.3, 0.4) is 0 Å². The molecule has 1 aliphatic carbocycles. The Morgan fingerprint density at radius 2 is 1.91 bits per heavy atom. The predicted molar refractivity (Wildman–Crippen MR) is 86.7 cm³/mol.